The van der Waals surface area contributed by atoms with E-state index in [0.29, 0.717) is 18.1 Å². The summed E-state index contributed by atoms with van der Waals surface area (Å²) in [5, 5.41) is 3.18. The quantitative estimate of drug-likeness (QED) is 0.695. The Morgan fingerprint density at radius 1 is 1.00 bits per heavy atom. The van der Waals surface area contributed by atoms with Crippen molar-refractivity contribution in [1.82, 2.24) is 9.97 Å². The van der Waals surface area contributed by atoms with E-state index in [1.807, 2.05) is 19.9 Å². The second-order valence-corrected chi connectivity index (χ2v) is 7.83. The summed E-state index contributed by atoms with van der Waals surface area (Å²) in [6, 6.07) is 9.00. The third-order valence-corrected chi connectivity index (χ3v) is 5.31. The number of rotatable bonds is 9. The molecule has 0 spiro atoms. The Balaban J connectivity index is 2.14. The third-order valence-electron chi connectivity index (χ3n) is 3.82. The zero-order valence-corrected chi connectivity index (χ0v) is 16.6. The van der Waals surface area contributed by atoms with E-state index < -0.39 is 10.0 Å². The molecule has 1 aromatic heterocycles. The smallest absolute Gasteiger partial charge is 0.232 e. The van der Waals surface area contributed by atoms with E-state index >= 15 is 0 Å². The Labute approximate surface area is 155 Å². The van der Waals surface area contributed by atoms with Crippen molar-refractivity contribution in [2.24, 2.45) is 0 Å². The van der Waals surface area contributed by atoms with Gasteiger partial charge in [0.1, 0.15) is 5.82 Å². The molecular weight excluding hydrogens is 350 g/mol. The van der Waals surface area contributed by atoms with Gasteiger partial charge >= 0.3 is 0 Å². The van der Waals surface area contributed by atoms with Crippen molar-refractivity contribution in [1.29, 1.82) is 0 Å². The molecule has 2 aromatic rings. The molecule has 0 aliphatic carbocycles. The molecule has 7 nitrogen and oxygen atoms in total. The Morgan fingerprint density at radius 2 is 1.62 bits per heavy atom. The summed E-state index contributed by atoms with van der Waals surface area (Å²) in [5.41, 5.74) is 2.21. The minimum atomic E-state index is -3.28. The number of nitrogens with zero attached hydrogens (tertiary/aromatic N) is 3. The summed E-state index contributed by atoms with van der Waals surface area (Å²) in [7, 11) is -3.28. The average Bonchev–Trinajstić information content (AvgIpc) is 2.57. The van der Waals surface area contributed by atoms with E-state index in [-0.39, 0.29) is 5.75 Å². The van der Waals surface area contributed by atoms with Crippen LogP contribution < -0.4 is 14.9 Å². The van der Waals surface area contributed by atoms with Crippen LogP contribution in [0.2, 0.25) is 0 Å². The highest BCUT2D eigenvalue weighted by atomic mass is 32.2. The number of nitrogens with one attached hydrogen (secondary N) is 2. The molecule has 0 amide bonds. The molecule has 0 fully saturated rings. The number of anilines is 4. The first-order valence-corrected chi connectivity index (χ1v) is 10.5. The van der Waals surface area contributed by atoms with Gasteiger partial charge in [0, 0.05) is 36.2 Å². The van der Waals surface area contributed by atoms with Crippen molar-refractivity contribution in [2.75, 3.05) is 33.8 Å². The third kappa shape index (κ3) is 5.59. The molecule has 0 bridgehead atoms. The van der Waals surface area contributed by atoms with Crippen LogP contribution >= 0.6 is 0 Å². The maximum absolute atomic E-state index is 11.8. The van der Waals surface area contributed by atoms with E-state index in [1.165, 1.54) is 0 Å². The molecule has 142 valence electrons. The molecule has 26 heavy (non-hydrogen) atoms. The standard InChI is InChI=1S/C18H27N5O2S/c1-5-12-26(24,25)22-16-10-8-15(9-11-16)20-18-19-14(4)13-17(21-18)23(6-2)7-3/h8-11,13,22H,5-7,12H2,1-4H3,(H,19,20,21). The lowest BCUT2D eigenvalue weighted by Crippen LogP contribution is -2.23. The first-order valence-electron chi connectivity index (χ1n) is 8.85. The topological polar surface area (TPSA) is 87.2 Å². The first-order chi connectivity index (χ1) is 12.4. The van der Waals surface area contributed by atoms with Gasteiger partial charge in [0.25, 0.3) is 0 Å². The van der Waals surface area contributed by atoms with Crippen LogP contribution in [0.4, 0.5) is 23.1 Å². The van der Waals surface area contributed by atoms with Crippen LogP contribution in [0.25, 0.3) is 0 Å². The highest BCUT2D eigenvalue weighted by molar-refractivity contribution is 7.92. The largest absolute Gasteiger partial charge is 0.357 e. The molecule has 0 aliphatic heterocycles. The van der Waals surface area contributed by atoms with Gasteiger partial charge in [0.2, 0.25) is 16.0 Å². The molecule has 0 radical (unpaired) electrons. The molecular formula is C18H27N5O2S. The fourth-order valence-electron chi connectivity index (χ4n) is 2.57. The van der Waals surface area contributed by atoms with Gasteiger partial charge in [-0.1, -0.05) is 6.92 Å². The molecule has 0 saturated carbocycles. The number of aryl methyl sites for hydroxylation is 1. The van der Waals surface area contributed by atoms with Crippen LogP contribution in [-0.2, 0) is 10.0 Å². The maximum Gasteiger partial charge on any atom is 0.232 e. The predicted octanol–water partition coefficient (Wildman–Crippen LogP) is 3.53. The van der Waals surface area contributed by atoms with Crippen LogP contribution in [0.15, 0.2) is 30.3 Å². The first kappa shape index (κ1) is 20.0. The van der Waals surface area contributed by atoms with Gasteiger partial charge in [-0.15, -0.1) is 0 Å². The van der Waals surface area contributed by atoms with Gasteiger partial charge in [-0.3, -0.25) is 4.72 Å². The Bertz CT molecular complexity index is 818. The normalized spacial score (nSPS) is 11.2. The van der Waals surface area contributed by atoms with Crippen molar-refractivity contribution in [3.05, 3.63) is 36.0 Å². The molecule has 0 saturated heterocycles. The minimum Gasteiger partial charge on any atom is -0.357 e. The lowest BCUT2D eigenvalue weighted by Gasteiger charge is -2.20. The van der Waals surface area contributed by atoms with Gasteiger partial charge in [0.15, 0.2) is 0 Å². The summed E-state index contributed by atoms with van der Waals surface area (Å²) in [4.78, 5) is 11.2. The van der Waals surface area contributed by atoms with Crippen LogP contribution in [-0.4, -0.2) is 37.2 Å². The molecule has 8 heteroatoms. The van der Waals surface area contributed by atoms with Crippen molar-refractivity contribution in [3.63, 3.8) is 0 Å². The average molecular weight is 378 g/mol. The summed E-state index contributed by atoms with van der Waals surface area (Å²) in [6.07, 6.45) is 0.578. The Morgan fingerprint density at radius 3 is 2.19 bits per heavy atom. The monoisotopic (exact) mass is 377 g/mol. The second-order valence-electron chi connectivity index (χ2n) is 5.99. The number of aromatic nitrogens is 2. The van der Waals surface area contributed by atoms with Crippen LogP contribution in [0.5, 0.6) is 0 Å². The van der Waals surface area contributed by atoms with Crippen LogP contribution in [0, 0.1) is 6.92 Å². The zero-order chi connectivity index (χ0) is 19.2. The van der Waals surface area contributed by atoms with Crippen LogP contribution in [0.3, 0.4) is 0 Å². The number of sulfonamides is 1. The summed E-state index contributed by atoms with van der Waals surface area (Å²) in [6.45, 7) is 9.70. The molecule has 0 aliphatic rings. The predicted molar refractivity (Wildman–Crippen MR) is 108 cm³/mol. The van der Waals surface area contributed by atoms with E-state index in [2.05, 4.69) is 38.8 Å². The van der Waals surface area contributed by atoms with E-state index in [0.717, 1.165) is 30.3 Å². The molecule has 1 heterocycles. The van der Waals surface area contributed by atoms with Crippen molar-refractivity contribution in [3.8, 4) is 0 Å². The van der Waals surface area contributed by atoms with Gasteiger partial charge in [-0.25, -0.2) is 13.4 Å². The number of benzene rings is 1. The molecule has 0 atom stereocenters. The molecule has 2 N–H and O–H groups in total. The Kier molecular flexibility index (Phi) is 6.79. The maximum atomic E-state index is 11.8. The van der Waals surface area contributed by atoms with E-state index in [9.17, 15) is 8.42 Å². The van der Waals surface area contributed by atoms with E-state index in [4.69, 9.17) is 0 Å². The Hall–Kier alpha value is -2.35. The second kappa shape index (κ2) is 8.84. The lowest BCUT2D eigenvalue weighted by atomic mass is 10.3. The zero-order valence-electron chi connectivity index (χ0n) is 15.8. The highest BCUT2D eigenvalue weighted by Gasteiger charge is 2.10. The summed E-state index contributed by atoms with van der Waals surface area (Å²) < 4.78 is 26.2. The van der Waals surface area contributed by atoms with Crippen LogP contribution in [0.1, 0.15) is 32.9 Å². The van der Waals surface area contributed by atoms with Gasteiger partial charge in [0.05, 0.1) is 5.75 Å². The molecule has 2 rings (SSSR count). The van der Waals surface area contributed by atoms with Crippen molar-refractivity contribution < 1.29 is 8.42 Å². The van der Waals surface area contributed by atoms with Gasteiger partial charge in [-0.05, 0) is 51.5 Å². The van der Waals surface area contributed by atoms with E-state index in [1.54, 1.807) is 24.3 Å². The number of hydrogen-bond donors (Lipinski definition) is 2. The highest BCUT2D eigenvalue weighted by Crippen LogP contribution is 2.20. The summed E-state index contributed by atoms with van der Waals surface area (Å²) >= 11 is 0. The summed E-state index contributed by atoms with van der Waals surface area (Å²) in [5.74, 6) is 1.51. The van der Waals surface area contributed by atoms with Crippen molar-refractivity contribution in [2.45, 2.75) is 34.1 Å². The van der Waals surface area contributed by atoms with Gasteiger partial charge in [-0.2, -0.15) is 4.98 Å². The molecule has 0 unspecified atom stereocenters. The van der Waals surface area contributed by atoms with Gasteiger partial charge < -0.3 is 10.2 Å². The minimum absolute atomic E-state index is 0.109. The van der Waals surface area contributed by atoms with Crippen molar-refractivity contribution >= 4 is 33.2 Å². The SMILES string of the molecule is CCCS(=O)(=O)Nc1ccc(Nc2nc(C)cc(N(CC)CC)n2)cc1. The fourth-order valence-corrected chi connectivity index (χ4v) is 3.70. The number of hydrogen-bond acceptors (Lipinski definition) is 6. The fraction of sp³-hybridized carbons (Fsp3) is 0.444. The lowest BCUT2D eigenvalue weighted by molar-refractivity contribution is 0.600. The molecule has 1 aromatic carbocycles.